The minimum absolute atomic E-state index is 0.215. The van der Waals surface area contributed by atoms with Gasteiger partial charge in [0, 0.05) is 12.2 Å². The maximum absolute atomic E-state index is 12.6. The lowest BCUT2D eigenvalue weighted by Crippen LogP contribution is -2.31. The van der Waals surface area contributed by atoms with Crippen molar-refractivity contribution < 1.29 is 17.9 Å². The highest BCUT2D eigenvalue weighted by atomic mass is 32.2. The molecule has 1 N–H and O–H groups in total. The normalized spacial score (nSPS) is 22.5. The highest BCUT2D eigenvalue weighted by molar-refractivity contribution is 7.89. The van der Waals surface area contributed by atoms with Gasteiger partial charge in [-0.05, 0) is 67.3 Å². The Morgan fingerprint density at radius 1 is 0.966 bits per heavy atom. The van der Waals surface area contributed by atoms with E-state index in [9.17, 15) is 13.2 Å². The van der Waals surface area contributed by atoms with E-state index in [4.69, 9.17) is 4.74 Å². The average molecular weight is 415 g/mol. The summed E-state index contributed by atoms with van der Waals surface area (Å²) in [5.74, 6) is 0.942. The van der Waals surface area contributed by atoms with Crippen LogP contribution in [0.2, 0.25) is 0 Å². The van der Waals surface area contributed by atoms with Crippen LogP contribution in [0, 0.1) is 5.92 Å². The fourth-order valence-corrected chi connectivity index (χ4v) is 5.29. The van der Waals surface area contributed by atoms with Crippen molar-refractivity contribution in [2.75, 3.05) is 24.6 Å². The summed E-state index contributed by atoms with van der Waals surface area (Å²) in [5.41, 5.74) is 2.03. The van der Waals surface area contributed by atoms with Crippen molar-refractivity contribution in [1.82, 2.24) is 4.72 Å². The van der Waals surface area contributed by atoms with Crippen LogP contribution < -0.4 is 9.62 Å². The topological polar surface area (TPSA) is 75.7 Å². The molecule has 0 atom stereocenters. The Morgan fingerprint density at radius 3 is 2.28 bits per heavy atom. The second-order valence-corrected chi connectivity index (χ2v) is 9.51. The van der Waals surface area contributed by atoms with Gasteiger partial charge in [-0.1, -0.05) is 30.3 Å². The Hall–Kier alpha value is -2.38. The predicted molar refractivity (Wildman–Crippen MR) is 111 cm³/mol. The Kier molecular flexibility index (Phi) is 5.87. The molecule has 4 rings (SSSR count). The molecule has 1 aliphatic heterocycles. The number of hydrogen-bond donors (Lipinski definition) is 1. The van der Waals surface area contributed by atoms with Crippen molar-refractivity contribution in [3.8, 4) is 0 Å². The van der Waals surface area contributed by atoms with Crippen LogP contribution in [0.15, 0.2) is 59.5 Å². The zero-order valence-electron chi connectivity index (χ0n) is 16.3. The van der Waals surface area contributed by atoms with Crippen molar-refractivity contribution in [2.45, 2.75) is 36.5 Å². The molecule has 0 bridgehead atoms. The number of carbonyl (C=O) groups excluding carboxylic acids is 1. The molecule has 0 radical (unpaired) electrons. The van der Waals surface area contributed by atoms with E-state index in [-0.39, 0.29) is 4.90 Å². The third kappa shape index (κ3) is 4.62. The van der Waals surface area contributed by atoms with E-state index in [0.717, 1.165) is 25.7 Å². The molecule has 2 aromatic carbocycles. The Balaban J connectivity index is 1.31. The van der Waals surface area contributed by atoms with E-state index >= 15 is 0 Å². The van der Waals surface area contributed by atoms with Crippen molar-refractivity contribution in [2.24, 2.45) is 5.92 Å². The highest BCUT2D eigenvalue weighted by Crippen LogP contribution is 2.35. The van der Waals surface area contributed by atoms with E-state index in [2.05, 4.69) is 29.0 Å². The van der Waals surface area contributed by atoms with Gasteiger partial charge in [-0.3, -0.25) is 4.90 Å². The first kappa shape index (κ1) is 19.9. The van der Waals surface area contributed by atoms with E-state index in [1.807, 2.05) is 6.07 Å². The largest absolute Gasteiger partial charge is 0.447 e. The lowest BCUT2D eigenvalue weighted by molar-refractivity contribution is 0.181. The Bertz CT molecular complexity index is 937. The smallest absolute Gasteiger partial charge is 0.414 e. The summed E-state index contributed by atoms with van der Waals surface area (Å²) in [6.07, 6.45) is 3.84. The number of hydrogen-bond acceptors (Lipinski definition) is 4. The number of nitrogens with zero attached hydrogens (tertiary/aromatic N) is 1. The van der Waals surface area contributed by atoms with Gasteiger partial charge in [0.2, 0.25) is 10.0 Å². The monoisotopic (exact) mass is 414 g/mol. The molecule has 0 spiro atoms. The van der Waals surface area contributed by atoms with E-state index in [1.54, 1.807) is 12.1 Å². The minimum Gasteiger partial charge on any atom is -0.447 e. The quantitative estimate of drug-likeness (QED) is 0.778. The van der Waals surface area contributed by atoms with Crippen LogP contribution in [0.1, 0.15) is 37.2 Å². The van der Waals surface area contributed by atoms with Crippen molar-refractivity contribution in [3.05, 3.63) is 60.2 Å². The fourth-order valence-electron chi connectivity index (χ4n) is 4.17. The molecule has 0 aromatic heterocycles. The van der Waals surface area contributed by atoms with Crippen molar-refractivity contribution in [3.63, 3.8) is 0 Å². The van der Waals surface area contributed by atoms with E-state index in [0.29, 0.717) is 37.2 Å². The van der Waals surface area contributed by atoms with Crippen molar-refractivity contribution in [1.29, 1.82) is 0 Å². The average Bonchev–Trinajstić information content (AvgIpc) is 3.19. The van der Waals surface area contributed by atoms with Crippen LogP contribution in [0.4, 0.5) is 10.5 Å². The molecular formula is C22H26N2O4S. The molecule has 1 aliphatic carbocycles. The van der Waals surface area contributed by atoms with Gasteiger partial charge < -0.3 is 4.74 Å². The maximum Gasteiger partial charge on any atom is 0.414 e. The predicted octanol–water partition coefficient (Wildman–Crippen LogP) is 3.90. The van der Waals surface area contributed by atoms with Crippen LogP contribution in [0.3, 0.4) is 0 Å². The molecule has 1 saturated carbocycles. The molecule has 2 aliphatic rings. The zero-order valence-corrected chi connectivity index (χ0v) is 17.1. The molecule has 7 heteroatoms. The summed E-state index contributed by atoms with van der Waals surface area (Å²) < 4.78 is 33.0. The highest BCUT2D eigenvalue weighted by Gasteiger charge is 2.26. The number of rotatable bonds is 6. The summed E-state index contributed by atoms with van der Waals surface area (Å²) in [5, 5.41) is 0. The lowest BCUT2D eigenvalue weighted by Gasteiger charge is -2.29. The van der Waals surface area contributed by atoms with E-state index in [1.165, 1.54) is 22.6 Å². The SMILES string of the molecule is O=C1OCCN1c1ccc(S(=O)(=O)NCC2CCC(c3ccccc3)CC2)cc1. The van der Waals surface area contributed by atoms with Gasteiger partial charge in [0.25, 0.3) is 0 Å². The molecule has 154 valence electrons. The number of sulfonamides is 1. The van der Waals surface area contributed by atoms with Gasteiger partial charge in [0.15, 0.2) is 0 Å². The van der Waals surface area contributed by atoms with Crippen LogP contribution in [0.5, 0.6) is 0 Å². The Labute approximate surface area is 171 Å². The first-order valence-corrected chi connectivity index (χ1v) is 11.6. The lowest BCUT2D eigenvalue weighted by atomic mass is 9.79. The first-order chi connectivity index (χ1) is 14.0. The molecule has 1 amide bonds. The molecular weight excluding hydrogens is 388 g/mol. The summed E-state index contributed by atoms with van der Waals surface area (Å²) in [6.45, 7) is 1.30. The fraction of sp³-hybridized carbons (Fsp3) is 0.409. The summed E-state index contributed by atoms with van der Waals surface area (Å²) in [6, 6.07) is 16.9. The molecule has 2 aromatic rings. The summed E-state index contributed by atoms with van der Waals surface area (Å²) in [7, 11) is -3.56. The van der Waals surface area contributed by atoms with Crippen molar-refractivity contribution >= 4 is 21.8 Å². The molecule has 1 heterocycles. The number of anilines is 1. The van der Waals surface area contributed by atoms with E-state index < -0.39 is 16.1 Å². The van der Waals surface area contributed by atoms with Gasteiger partial charge in [-0.2, -0.15) is 0 Å². The minimum atomic E-state index is -3.56. The third-order valence-electron chi connectivity index (χ3n) is 5.90. The number of carbonyl (C=O) groups is 1. The van der Waals surface area contributed by atoms with Crippen LogP contribution in [-0.4, -0.2) is 34.2 Å². The van der Waals surface area contributed by atoms with Gasteiger partial charge in [0.1, 0.15) is 6.61 Å². The first-order valence-electron chi connectivity index (χ1n) is 10.1. The van der Waals surface area contributed by atoms with Crippen LogP contribution >= 0.6 is 0 Å². The summed E-state index contributed by atoms with van der Waals surface area (Å²) >= 11 is 0. The molecule has 0 unspecified atom stereocenters. The summed E-state index contributed by atoms with van der Waals surface area (Å²) in [4.78, 5) is 13.3. The molecule has 2 fully saturated rings. The molecule has 6 nitrogen and oxygen atoms in total. The Morgan fingerprint density at radius 2 is 1.66 bits per heavy atom. The van der Waals surface area contributed by atoms with Gasteiger partial charge in [0.05, 0.1) is 11.4 Å². The molecule has 1 saturated heterocycles. The van der Waals surface area contributed by atoms with Gasteiger partial charge in [-0.25, -0.2) is 17.9 Å². The maximum atomic E-state index is 12.6. The van der Waals surface area contributed by atoms with Gasteiger partial charge in [-0.15, -0.1) is 0 Å². The van der Waals surface area contributed by atoms with Crippen LogP contribution in [0.25, 0.3) is 0 Å². The molecule has 29 heavy (non-hydrogen) atoms. The zero-order chi connectivity index (χ0) is 20.3. The van der Waals surface area contributed by atoms with Gasteiger partial charge >= 0.3 is 6.09 Å². The second kappa shape index (κ2) is 8.55. The van der Waals surface area contributed by atoms with Crippen LogP contribution in [-0.2, 0) is 14.8 Å². The number of cyclic esters (lactones) is 1. The third-order valence-corrected chi connectivity index (χ3v) is 7.34. The second-order valence-electron chi connectivity index (χ2n) is 7.74. The number of ether oxygens (including phenoxy) is 1. The standard InChI is InChI=1S/C22H26N2O4S/c25-22-24(14-15-28-22)20-10-12-21(13-11-20)29(26,27)23-16-17-6-8-19(9-7-17)18-4-2-1-3-5-18/h1-5,10-13,17,19,23H,6-9,14-16H2. The number of nitrogens with one attached hydrogen (secondary N) is 1. The number of amides is 1. The number of benzene rings is 2.